The van der Waals surface area contributed by atoms with Crippen LogP contribution in [0.2, 0.25) is 0 Å². The van der Waals surface area contributed by atoms with Gasteiger partial charge in [-0.2, -0.15) is 4.98 Å². The van der Waals surface area contributed by atoms with Crippen molar-refractivity contribution in [2.24, 2.45) is 0 Å². The molecule has 0 radical (unpaired) electrons. The number of hydrogen-bond acceptors (Lipinski definition) is 8. The molecule has 2 aromatic rings. The highest BCUT2D eigenvalue weighted by molar-refractivity contribution is 7.90. The molecule has 1 aromatic heterocycles. The summed E-state index contributed by atoms with van der Waals surface area (Å²) in [6.07, 6.45) is 1.06. The third kappa shape index (κ3) is 2.99. The molecule has 0 aliphatic carbocycles. The Hall–Kier alpha value is -2.49. The number of nitrogens with zero attached hydrogens (tertiary/aromatic N) is 3. The average molecular weight is 312 g/mol. The SMILES string of the molecule is CC(c1noc(-c2ccc(N)c([N+](=O)[O-])c2)n1)S(C)(=O)=O. The second-order valence-electron chi connectivity index (χ2n) is 4.46. The van der Waals surface area contributed by atoms with Gasteiger partial charge in [0, 0.05) is 17.9 Å². The molecule has 112 valence electrons. The first-order valence-electron chi connectivity index (χ1n) is 5.77. The van der Waals surface area contributed by atoms with Gasteiger partial charge in [-0.15, -0.1) is 0 Å². The molecule has 1 aromatic carbocycles. The van der Waals surface area contributed by atoms with Crippen molar-refractivity contribution in [2.75, 3.05) is 12.0 Å². The van der Waals surface area contributed by atoms with E-state index >= 15 is 0 Å². The van der Waals surface area contributed by atoms with E-state index in [2.05, 4.69) is 10.1 Å². The van der Waals surface area contributed by atoms with E-state index in [1.54, 1.807) is 0 Å². The number of nitrogen functional groups attached to an aromatic ring is 1. The summed E-state index contributed by atoms with van der Waals surface area (Å²) in [5.74, 6) is -0.0180. The predicted molar refractivity (Wildman–Crippen MR) is 74.1 cm³/mol. The summed E-state index contributed by atoms with van der Waals surface area (Å²) >= 11 is 0. The van der Waals surface area contributed by atoms with E-state index in [1.807, 2.05) is 0 Å². The smallest absolute Gasteiger partial charge is 0.292 e. The summed E-state index contributed by atoms with van der Waals surface area (Å²) in [6.45, 7) is 1.43. The van der Waals surface area contributed by atoms with Gasteiger partial charge in [-0.05, 0) is 19.1 Å². The normalized spacial score (nSPS) is 13.0. The largest absolute Gasteiger partial charge is 0.393 e. The lowest BCUT2D eigenvalue weighted by atomic mass is 10.2. The second kappa shape index (κ2) is 5.13. The maximum Gasteiger partial charge on any atom is 0.292 e. The molecule has 1 heterocycles. The molecule has 0 aliphatic heterocycles. The van der Waals surface area contributed by atoms with Crippen LogP contribution in [-0.2, 0) is 9.84 Å². The molecule has 1 unspecified atom stereocenters. The van der Waals surface area contributed by atoms with Gasteiger partial charge in [-0.1, -0.05) is 5.16 Å². The lowest BCUT2D eigenvalue weighted by Crippen LogP contribution is -2.09. The van der Waals surface area contributed by atoms with Gasteiger partial charge in [0.05, 0.1) is 4.92 Å². The van der Waals surface area contributed by atoms with Gasteiger partial charge < -0.3 is 10.3 Å². The van der Waals surface area contributed by atoms with Gasteiger partial charge in [0.15, 0.2) is 15.7 Å². The predicted octanol–water partition coefficient (Wildman–Crippen LogP) is 1.33. The molecule has 1 atom stereocenters. The fourth-order valence-corrected chi connectivity index (χ4v) is 2.02. The Morgan fingerprint density at radius 2 is 2.10 bits per heavy atom. The molecule has 9 nitrogen and oxygen atoms in total. The number of benzene rings is 1. The number of anilines is 1. The van der Waals surface area contributed by atoms with Crippen molar-refractivity contribution in [3.8, 4) is 11.5 Å². The van der Waals surface area contributed by atoms with E-state index < -0.39 is 20.0 Å². The van der Waals surface area contributed by atoms with Gasteiger partial charge in [-0.3, -0.25) is 10.1 Å². The Morgan fingerprint density at radius 3 is 2.67 bits per heavy atom. The van der Waals surface area contributed by atoms with E-state index in [9.17, 15) is 18.5 Å². The quantitative estimate of drug-likeness (QED) is 0.506. The Labute approximate surface area is 119 Å². The molecule has 10 heteroatoms. The summed E-state index contributed by atoms with van der Waals surface area (Å²) < 4.78 is 27.8. The summed E-state index contributed by atoms with van der Waals surface area (Å²) in [4.78, 5) is 14.2. The van der Waals surface area contributed by atoms with Crippen molar-refractivity contribution in [3.05, 3.63) is 34.1 Å². The Balaban J connectivity index is 2.43. The van der Waals surface area contributed by atoms with E-state index in [-0.39, 0.29) is 28.7 Å². The van der Waals surface area contributed by atoms with Crippen LogP contribution in [0.25, 0.3) is 11.5 Å². The van der Waals surface area contributed by atoms with Crippen molar-refractivity contribution in [1.82, 2.24) is 10.1 Å². The molecular formula is C11H12N4O5S. The van der Waals surface area contributed by atoms with Crippen LogP contribution in [0, 0.1) is 10.1 Å². The number of sulfone groups is 1. The van der Waals surface area contributed by atoms with Crippen LogP contribution in [-0.4, -0.2) is 29.7 Å². The highest BCUT2D eigenvalue weighted by atomic mass is 32.2. The van der Waals surface area contributed by atoms with Crippen molar-refractivity contribution >= 4 is 21.2 Å². The summed E-state index contributed by atoms with van der Waals surface area (Å²) in [5.41, 5.74) is 5.50. The molecular weight excluding hydrogens is 300 g/mol. The second-order valence-corrected chi connectivity index (χ2v) is 6.83. The van der Waals surface area contributed by atoms with Crippen LogP contribution >= 0.6 is 0 Å². The minimum atomic E-state index is -3.37. The average Bonchev–Trinajstić information content (AvgIpc) is 2.86. The molecule has 2 rings (SSSR count). The summed E-state index contributed by atoms with van der Waals surface area (Å²) in [6, 6.07) is 4.01. The Bertz CT molecular complexity index is 799. The van der Waals surface area contributed by atoms with Crippen molar-refractivity contribution < 1.29 is 17.9 Å². The van der Waals surface area contributed by atoms with Crippen LogP contribution in [0.15, 0.2) is 22.7 Å². The van der Waals surface area contributed by atoms with Gasteiger partial charge in [0.2, 0.25) is 0 Å². The zero-order valence-electron chi connectivity index (χ0n) is 11.2. The third-order valence-corrected chi connectivity index (χ3v) is 4.42. The number of nitro benzene ring substituents is 1. The molecule has 0 spiro atoms. The first kappa shape index (κ1) is 14.9. The molecule has 0 saturated carbocycles. The number of nitrogens with two attached hydrogens (primary N) is 1. The summed E-state index contributed by atoms with van der Waals surface area (Å²) in [7, 11) is -3.37. The van der Waals surface area contributed by atoms with Gasteiger partial charge in [0.1, 0.15) is 10.9 Å². The molecule has 0 amide bonds. The molecule has 0 fully saturated rings. The number of nitro groups is 1. The topological polar surface area (TPSA) is 142 Å². The molecule has 2 N–H and O–H groups in total. The number of hydrogen-bond donors (Lipinski definition) is 1. The highest BCUT2D eigenvalue weighted by Crippen LogP contribution is 2.29. The number of aromatic nitrogens is 2. The van der Waals surface area contributed by atoms with Crippen molar-refractivity contribution in [3.63, 3.8) is 0 Å². The maximum absolute atomic E-state index is 11.4. The number of rotatable bonds is 4. The van der Waals surface area contributed by atoms with Gasteiger partial charge in [-0.25, -0.2) is 8.42 Å². The van der Waals surface area contributed by atoms with E-state index in [0.717, 1.165) is 6.26 Å². The van der Waals surface area contributed by atoms with E-state index in [4.69, 9.17) is 10.3 Å². The van der Waals surface area contributed by atoms with Gasteiger partial charge >= 0.3 is 0 Å². The standard InChI is InChI=1S/C11H12N4O5S/c1-6(21(2,18)19)10-13-11(20-14-10)7-3-4-8(12)9(5-7)15(16)17/h3-6H,12H2,1-2H3. The molecule has 21 heavy (non-hydrogen) atoms. The zero-order valence-corrected chi connectivity index (χ0v) is 12.0. The van der Waals surface area contributed by atoms with Crippen LogP contribution in [0.4, 0.5) is 11.4 Å². The molecule has 0 aliphatic rings. The molecule has 0 bridgehead atoms. The Kier molecular flexibility index (Phi) is 3.64. The van der Waals surface area contributed by atoms with E-state index in [0.29, 0.717) is 0 Å². The third-order valence-electron chi connectivity index (χ3n) is 2.92. The van der Waals surface area contributed by atoms with Crippen LogP contribution in [0.1, 0.15) is 18.0 Å². The first-order chi connectivity index (χ1) is 9.70. The van der Waals surface area contributed by atoms with Gasteiger partial charge in [0.25, 0.3) is 11.6 Å². The van der Waals surface area contributed by atoms with Crippen LogP contribution in [0.5, 0.6) is 0 Å². The Morgan fingerprint density at radius 1 is 1.43 bits per heavy atom. The fraction of sp³-hybridized carbons (Fsp3) is 0.273. The lowest BCUT2D eigenvalue weighted by molar-refractivity contribution is -0.383. The monoisotopic (exact) mass is 312 g/mol. The first-order valence-corrected chi connectivity index (χ1v) is 7.72. The minimum Gasteiger partial charge on any atom is -0.393 e. The minimum absolute atomic E-state index is 0.00740. The maximum atomic E-state index is 11.4. The zero-order chi connectivity index (χ0) is 15.8. The fourth-order valence-electron chi connectivity index (χ4n) is 1.54. The van der Waals surface area contributed by atoms with Crippen LogP contribution in [0.3, 0.4) is 0 Å². The highest BCUT2D eigenvalue weighted by Gasteiger charge is 2.24. The van der Waals surface area contributed by atoms with E-state index in [1.165, 1.54) is 25.1 Å². The van der Waals surface area contributed by atoms with Crippen LogP contribution < -0.4 is 5.73 Å². The lowest BCUT2D eigenvalue weighted by Gasteiger charge is -2.01. The van der Waals surface area contributed by atoms with Crippen molar-refractivity contribution in [2.45, 2.75) is 12.2 Å². The summed E-state index contributed by atoms with van der Waals surface area (Å²) in [5, 5.41) is 13.5. The van der Waals surface area contributed by atoms with Crippen molar-refractivity contribution in [1.29, 1.82) is 0 Å². The molecule has 0 saturated heterocycles.